The van der Waals surface area contributed by atoms with Gasteiger partial charge in [0, 0.05) is 15.5 Å². The maximum Gasteiger partial charge on any atom is 0.260 e. The van der Waals surface area contributed by atoms with E-state index >= 15 is 0 Å². The summed E-state index contributed by atoms with van der Waals surface area (Å²) in [7, 11) is 0. The third kappa shape index (κ3) is 3.68. The maximum atomic E-state index is 12.8. The number of aromatic nitrogens is 2. The number of H-pyrrole nitrogens is 1. The molecule has 3 aromatic rings. The highest BCUT2D eigenvalue weighted by Crippen LogP contribution is 2.35. The minimum Gasteiger partial charge on any atom is -0.332 e. The molecule has 1 aliphatic carbocycles. The number of fused-ring (bicyclic) bond motifs is 3. The summed E-state index contributed by atoms with van der Waals surface area (Å²) in [6.45, 7) is 6.53. The van der Waals surface area contributed by atoms with Crippen LogP contribution in [0.4, 0.5) is 0 Å². The zero-order valence-electron chi connectivity index (χ0n) is 15.9. The number of benzene rings is 1. The molecule has 4 nitrogen and oxygen atoms in total. The normalized spacial score (nSPS) is 19.0. The van der Waals surface area contributed by atoms with Gasteiger partial charge >= 0.3 is 0 Å². The van der Waals surface area contributed by atoms with Crippen molar-refractivity contribution in [3.63, 3.8) is 0 Å². The number of halogens is 1. The smallest absolute Gasteiger partial charge is 0.260 e. The molecule has 0 saturated heterocycles. The second kappa shape index (κ2) is 7.38. The largest absolute Gasteiger partial charge is 0.332 e. The predicted molar refractivity (Wildman–Crippen MR) is 112 cm³/mol. The molecule has 2 aromatic heterocycles. The van der Waals surface area contributed by atoms with Crippen molar-refractivity contribution in [2.75, 3.05) is 0 Å². The molecule has 27 heavy (non-hydrogen) atoms. The third-order valence-electron chi connectivity index (χ3n) is 5.59. The second-order valence-corrected chi connectivity index (χ2v) is 9.32. The molecule has 0 aliphatic heterocycles. The molecule has 142 valence electrons. The zero-order valence-corrected chi connectivity index (χ0v) is 17.5. The van der Waals surface area contributed by atoms with Gasteiger partial charge in [0.2, 0.25) is 0 Å². The molecule has 3 N–H and O–H groups in total. The van der Waals surface area contributed by atoms with Crippen molar-refractivity contribution in [3.05, 3.63) is 61.5 Å². The molecule has 4 rings (SSSR count). The van der Waals surface area contributed by atoms with Crippen molar-refractivity contribution < 1.29 is 5.32 Å². The Labute approximate surface area is 168 Å². The number of hydrogen-bond acceptors (Lipinski definition) is 3. The zero-order chi connectivity index (χ0) is 19.1. The Morgan fingerprint density at radius 2 is 2.00 bits per heavy atom. The summed E-state index contributed by atoms with van der Waals surface area (Å²) >= 11 is 7.69. The minimum atomic E-state index is 0.0152. The first-order valence-electron chi connectivity index (χ1n) is 9.57. The predicted octanol–water partition coefficient (Wildman–Crippen LogP) is 4.15. The summed E-state index contributed by atoms with van der Waals surface area (Å²) in [5.41, 5.74) is 2.45. The van der Waals surface area contributed by atoms with Crippen molar-refractivity contribution in [1.82, 2.24) is 9.97 Å². The summed E-state index contributed by atoms with van der Waals surface area (Å²) in [5, 5.41) is 3.79. The number of quaternary nitrogens is 1. The highest BCUT2D eigenvalue weighted by molar-refractivity contribution is 7.18. The van der Waals surface area contributed by atoms with E-state index in [4.69, 9.17) is 16.6 Å². The number of thiophene rings is 1. The van der Waals surface area contributed by atoms with Gasteiger partial charge in [-0.25, -0.2) is 4.98 Å². The molecule has 1 aromatic carbocycles. The maximum absolute atomic E-state index is 12.8. The van der Waals surface area contributed by atoms with E-state index < -0.39 is 0 Å². The van der Waals surface area contributed by atoms with Crippen molar-refractivity contribution in [2.45, 2.75) is 52.1 Å². The van der Waals surface area contributed by atoms with E-state index in [0.29, 0.717) is 5.92 Å². The molecule has 0 saturated carbocycles. The average molecular weight is 403 g/mol. The molecule has 3 atom stereocenters. The summed E-state index contributed by atoms with van der Waals surface area (Å²) in [6.07, 6.45) is 3.22. The lowest BCUT2D eigenvalue weighted by Gasteiger charge is -2.17. The average Bonchev–Trinajstić information content (AvgIpc) is 2.99. The van der Waals surface area contributed by atoms with E-state index in [1.807, 2.05) is 24.3 Å². The number of nitrogens with zero attached hydrogens (tertiary/aromatic N) is 1. The van der Waals surface area contributed by atoms with Crippen molar-refractivity contribution in [1.29, 1.82) is 0 Å². The van der Waals surface area contributed by atoms with Gasteiger partial charge in [0.05, 0.1) is 5.39 Å². The Bertz CT molecular complexity index is 1020. The molecular weight excluding hydrogens is 378 g/mol. The first kappa shape index (κ1) is 18.7. The van der Waals surface area contributed by atoms with Crippen LogP contribution in [0.2, 0.25) is 5.02 Å². The molecule has 0 spiro atoms. The molecule has 0 radical (unpaired) electrons. The summed E-state index contributed by atoms with van der Waals surface area (Å²) < 4.78 is 0. The number of aromatic amines is 1. The van der Waals surface area contributed by atoms with Crippen LogP contribution in [0.15, 0.2) is 29.1 Å². The van der Waals surface area contributed by atoms with Crippen LogP contribution < -0.4 is 10.9 Å². The van der Waals surface area contributed by atoms with E-state index in [0.717, 1.165) is 40.3 Å². The SMILES string of the molecule is C[C@@H]1CCc2c(sc3nc([C@H](C)[NH2+][C@@H](C)c4ccc(Cl)cc4)[nH]c(=O)c23)C1. The van der Waals surface area contributed by atoms with E-state index in [9.17, 15) is 4.79 Å². The number of aryl methyl sites for hydroxylation is 1. The fourth-order valence-corrected chi connectivity index (χ4v) is 5.50. The first-order chi connectivity index (χ1) is 12.9. The molecule has 0 amide bonds. The van der Waals surface area contributed by atoms with Crippen molar-refractivity contribution in [2.24, 2.45) is 5.92 Å². The fraction of sp³-hybridized carbons (Fsp3) is 0.429. The summed E-state index contributed by atoms with van der Waals surface area (Å²) in [5.74, 6) is 1.44. The van der Waals surface area contributed by atoms with E-state index in [1.165, 1.54) is 16.0 Å². The number of nitrogens with two attached hydrogens (primary N) is 1. The van der Waals surface area contributed by atoms with Crippen LogP contribution in [0.1, 0.15) is 61.1 Å². The highest BCUT2D eigenvalue weighted by Gasteiger charge is 2.25. The van der Waals surface area contributed by atoms with Gasteiger partial charge < -0.3 is 10.3 Å². The Morgan fingerprint density at radius 3 is 2.74 bits per heavy atom. The highest BCUT2D eigenvalue weighted by atomic mass is 35.5. The van der Waals surface area contributed by atoms with Gasteiger partial charge in [-0.15, -0.1) is 11.3 Å². The quantitative estimate of drug-likeness (QED) is 0.688. The van der Waals surface area contributed by atoms with E-state index in [2.05, 4.69) is 31.1 Å². The molecule has 6 heteroatoms. The van der Waals surface area contributed by atoms with E-state index in [-0.39, 0.29) is 17.6 Å². The first-order valence-corrected chi connectivity index (χ1v) is 10.8. The van der Waals surface area contributed by atoms with Gasteiger partial charge in [-0.05, 0) is 56.7 Å². The Kier molecular flexibility index (Phi) is 5.10. The number of hydrogen-bond donors (Lipinski definition) is 2. The lowest BCUT2D eigenvalue weighted by molar-refractivity contribution is -0.729. The number of rotatable bonds is 4. The van der Waals surface area contributed by atoms with Crippen LogP contribution in [-0.2, 0) is 12.8 Å². The summed E-state index contributed by atoms with van der Waals surface area (Å²) in [4.78, 5) is 22.9. The Balaban J connectivity index is 1.61. The Morgan fingerprint density at radius 1 is 1.26 bits per heavy atom. The van der Waals surface area contributed by atoms with Crippen LogP contribution in [0.25, 0.3) is 10.2 Å². The molecule has 0 bridgehead atoms. The topological polar surface area (TPSA) is 62.4 Å². The van der Waals surface area contributed by atoms with Crippen LogP contribution >= 0.6 is 22.9 Å². The summed E-state index contributed by atoms with van der Waals surface area (Å²) in [6, 6.07) is 8.22. The molecule has 0 fully saturated rings. The molecule has 0 unspecified atom stereocenters. The molecule has 1 aliphatic rings. The van der Waals surface area contributed by atoms with Crippen LogP contribution in [0, 0.1) is 5.92 Å². The van der Waals surface area contributed by atoms with Gasteiger partial charge in [0.25, 0.3) is 5.56 Å². The van der Waals surface area contributed by atoms with Crippen LogP contribution in [0.5, 0.6) is 0 Å². The number of nitrogens with one attached hydrogen (secondary N) is 1. The second-order valence-electron chi connectivity index (χ2n) is 7.80. The van der Waals surface area contributed by atoms with Crippen LogP contribution in [-0.4, -0.2) is 9.97 Å². The van der Waals surface area contributed by atoms with E-state index in [1.54, 1.807) is 11.3 Å². The van der Waals surface area contributed by atoms with Gasteiger partial charge in [-0.1, -0.05) is 30.7 Å². The third-order valence-corrected chi connectivity index (χ3v) is 6.99. The van der Waals surface area contributed by atoms with Crippen molar-refractivity contribution >= 4 is 33.2 Å². The lowest BCUT2D eigenvalue weighted by atomic mass is 9.89. The van der Waals surface area contributed by atoms with Gasteiger partial charge in [-0.2, -0.15) is 0 Å². The Hall–Kier alpha value is -1.69. The van der Waals surface area contributed by atoms with Crippen LogP contribution in [0.3, 0.4) is 0 Å². The standard InChI is InChI=1S/C21H24ClN3OS/c1-11-4-9-16-17(10-11)27-21-18(16)20(26)24-19(25-21)13(3)23-12(2)14-5-7-15(22)8-6-14/h5-8,11-13,23H,4,9-10H2,1-3H3,(H,24,25,26)/p+1/t11-,12+,13+/m1/s1. The minimum absolute atomic E-state index is 0.0152. The van der Waals surface area contributed by atoms with Gasteiger partial charge in [-0.3, -0.25) is 4.79 Å². The fourth-order valence-electron chi connectivity index (χ4n) is 3.98. The monoisotopic (exact) mass is 402 g/mol. The van der Waals surface area contributed by atoms with Crippen molar-refractivity contribution in [3.8, 4) is 0 Å². The molecule has 2 heterocycles. The lowest BCUT2D eigenvalue weighted by Crippen LogP contribution is -2.85. The van der Waals surface area contributed by atoms with Gasteiger partial charge in [0.1, 0.15) is 16.9 Å². The molecular formula is C21H25ClN3OS+. The van der Waals surface area contributed by atoms with Gasteiger partial charge in [0.15, 0.2) is 5.82 Å².